The number of halogens is 4. The summed E-state index contributed by atoms with van der Waals surface area (Å²) >= 11 is 23.6. The zero-order valence-corrected chi connectivity index (χ0v) is 9.75. The van der Waals surface area contributed by atoms with Crippen LogP contribution in [-0.4, -0.2) is 14.3 Å². The molecule has 0 rings (SSSR count). The fourth-order valence-electron chi connectivity index (χ4n) is 0.310. The molecule has 0 saturated carbocycles. The Morgan fingerprint density at radius 2 is 2.00 bits per heavy atom. The maximum atomic E-state index is 5.73. The predicted molar refractivity (Wildman–Crippen MR) is 57.2 cm³/mol. The van der Waals surface area contributed by atoms with Gasteiger partial charge in [-0.05, 0) is 6.92 Å². The van der Waals surface area contributed by atoms with E-state index in [9.17, 15) is 0 Å². The third kappa shape index (κ3) is 6.41. The predicted octanol–water partition coefficient (Wildman–Crippen LogP) is 4.23. The second-order valence-electron chi connectivity index (χ2n) is 2.13. The van der Waals surface area contributed by atoms with Gasteiger partial charge in [0, 0.05) is 5.75 Å². The number of alkyl halides is 4. The minimum atomic E-state index is -1.40. The molecule has 0 aromatic carbocycles. The second kappa shape index (κ2) is 5.08. The van der Waals surface area contributed by atoms with Gasteiger partial charge in [0.25, 0.3) is 0 Å². The standard InChI is InChI=1S/C6H8Cl4S/c1-4(2)3-11-5(7)6(8,9)10/h5H,1,3H2,2H3. The molecule has 0 aliphatic rings. The van der Waals surface area contributed by atoms with Crippen molar-refractivity contribution >= 4 is 58.2 Å². The van der Waals surface area contributed by atoms with Gasteiger partial charge in [0.05, 0.1) is 0 Å². The summed E-state index contributed by atoms with van der Waals surface area (Å²) in [6.07, 6.45) is 0. The van der Waals surface area contributed by atoms with Gasteiger partial charge in [-0.3, -0.25) is 0 Å². The lowest BCUT2D eigenvalue weighted by Gasteiger charge is -2.16. The van der Waals surface area contributed by atoms with Crippen molar-refractivity contribution in [2.75, 3.05) is 5.75 Å². The van der Waals surface area contributed by atoms with Crippen molar-refractivity contribution in [2.45, 2.75) is 15.4 Å². The van der Waals surface area contributed by atoms with Crippen LogP contribution in [0.1, 0.15) is 6.92 Å². The fourth-order valence-corrected chi connectivity index (χ4v) is 1.69. The van der Waals surface area contributed by atoms with Gasteiger partial charge in [-0.15, -0.1) is 23.4 Å². The van der Waals surface area contributed by atoms with E-state index < -0.39 is 8.50 Å². The van der Waals surface area contributed by atoms with Crippen molar-refractivity contribution in [3.05, 3.63) is 12.2 Å². The number of thioether (sulfide) groups is 1. The van der Waals surface area contributed by atoms with Crippen molar-refractivity contribution in [3.8, 4) is 0 Å². The van der Waals surface area contributed by atoms with Crippen LogP contribution in [0.4, 0.5) is 0 Å². The van der Waals surface area contributed by atoms with Crippen LogP contribution < -0.4 is 0 Å². The van der Waals surface area contributed by atoms with Gasteiger partial charge in [-0.25, -0.2) is 0 Å². The quantitative estimate of drug-likeness (QED) is 0.536. The van der Waals surface area contributed by atoms with E-state index in [2.05, 4.69) is 6.58 Å². The van der Waals surface area contributed by atoms with Crippen LogP contribution in [0.5, 0.6) is 0 Å². The Bertz CT molecular complexity index is 140. The first kappa shape index (κ1) is 12.2. The van der Waals surface area contributed by atoms with Crippen molar-refractivity contribution in [2.24, 2.45) is 0 Å². The Labute approximate surface area is 91.2 Å². The highest BCUT2D eigenvalue weighted by molar-refractivity contribution is 8.01. The van der Waals surface area contributed by atoms with Gasteiger partial charge in [-0.2, -0.15) is 0 Å². The highest BCUT2D eigenvalue weighted by atomic mass is 35.6. The molecule has 0 fully saturated rings. The Morgan fingerprint density at radius 3 is 2.27 bits per heavy atom. The van der Waals surface area contributed by atoms with Gasteiger partial charge in [-0.1, -0.05) is 47.0 Å². The van der Waals surface area contributed by atoms with Crippen LogP contribution >= 0.6 is 58.2 Å². The third-order valence-electron chi connectivity index (χ3n) is 0.733. The third-order valence-corrected chi connectivity index (χ3v) is 4.12. The molecule has 0 spiro atoms. The first-order valence-corrected chi connectivity index (χ1v) is 5.42. The summed E-state index contributed by atoms with van der Waals surface area (Å²) in [5.74, 6) is 0.710. The van der Waals surface area contributed by atoms with Crippen LogP contribution in [0, 0.1) is 0 Å². The molecule has 66 valence electrons. The van der Waals surface area contributed by atoms with E-state index >= 15 is 0 Å². The highest BCUT2D eigenvalue weighted by Gasteiger charge is 2.30. The molecule has 0 amide bonds. The first-order chi connectivity index (χ1) is 4.84. The normalized spacial score (nSPS) is 14.6. The Hall–Kier alpha value is 1.25. The van der Waals surface area contributed by atoms with Gasteiger partial charge in [0.1, 0.15) is 4.71 Å². The van der Waals surface area contributed by atoms with Crippen molar-refractivity contribution in [3.63, 3.8) is 0 Å². The molecule has 1 unspecified atom stereocenters. The molecule has 0 aromatic rings. The Morgan fingerprint density at radius 1 is 1.55 bits per heavy atom. The van der Waals surface area contributed by atoms with Crippen molar-refractivity contribution in [1.29, 1.82) is 0 Å². The molecule has 5 heteroatoms. The molecular weight excluding hydrogens is 246 g/mol. The molecule has 0 aliphatic carbocycles. The summed E-state index contributed by atoms with van der Waals surface area (Å²) in [7, 11) is 0. The monoisotopic (exact) mass is 252 g/mol. The fraction of sp³-hybridized carbons (Fsp3) is 0.667. The van der Waals surface area contributed by atoms with Crippen LogP contribution in [0.25, 0.3) is 0 Å². The molecule has 0 heterocycles. The van der Waals surface area contributed by atoms with Crippen LogP contribution in [-0.2, 0) is 0 Å². The van der Waals surface area contributed by atoms with Crippen molar-refractivity contribution in [1.82, 2.24) is 0 Å². The maximum absolute atomic E-state index is 5.73. The average molecular weight is 254 g/mol. The van der Waals surface area contributed by atoms with Gasteiger partial charge < -0.3 is 0 Å². The molecule has 11 heavy (non-hydrogen) atoms. The molecule has 0 aromatic heterocycles. The van der Waals surface area contributed by atoms with Gasteiger partial charge in [0.2, 0.25) is 3.79 Å². The van der Waals surface area contributed by atoms with E-state index in [1.54, 1.807) is 0 Å². The molecule has 0 aliphatic heterocycles. The summed E-state index contributed by atoms with van der Waals surface area (Å²) in [5.41, 5.74) is 1.01. The zero-order chi connectivity index (χ0) is 9.07. The zero-order valence-electron chi connectivity index (χ0n) is 5.91. The molecule has 1 atom stereocenters. The molecule has 0 N–H and O–H groups in total. The number of hydrogen-bond donors (Lipinski definition) is 0. The van der Waals surface area contributed by atoms with Gasteiger partial charge >= 0.3 is 0 Å². The first-order valence-electron chi connectivity index (χ1n) is 2.81. The lowest BCUT2D eigenvalue weighted by molar-refractivity contribution is 1.20. The molecular formula is C6H8Cl4S. The lowest BCUT2D eigenvalue weighted by Crippen LogP contribution is -2.15. The number of hydrogen-bond acceptors (Lipinski definition) is 1. The van der Waals surface area contributed by atoms with E-state index in [0.29, 0.717) is 5.75 Å². The minimum absolute atomic E-state index is 0.524. The SMILES string of the molecule is C=C(C)CSC(Cl)C(Cl)(Cl)Cl. The van der Waals surface area contributed by atoms with Gasteiger partial charge in [0.15, 0.2) is 0 Å². The van der Waals surface area contributed by atoms with Crippen LogP contribution in [0.15, 0.2) is 12.2 Å². The Balaban J connectivity index is 3.70. The second-order valence-corrected chi connectivity index (χ2v) is 6.28. The molecule has 0 bridgehead atoms. The Kier molecular flexibility index (Phi) is 5.66. The summed E-state index contributed by atoms with van der Waals surface area (Å²) in [4.78, 5) is 0. The van der Waals surface area contributed by atoms with E-state index in [1.807, 2.05) is 6.92 Å². The largest absolute Gasteiger partial charge is 0.215 e. The smallest absolute Gasteiger partial charge is 0.133 e. The summed E-state index contributed by atoms with van der Waals surface area (Å²) in [6, 6.07) is 0. The average Bonchev–Trinajstić information content (AvgIpc) is 1.80. The molecule has 0 radical (unpaired) electrons. The maximum Gasteiger partial charge on any atom is 0.215 e. The topological polar surface area (TPSA) is 0 Å². The molecule has 0 nitrogen and oxygen atoms in total. The minimum Gasteiger partial charge on any atom is -0.133 e. The van der Waals surface area contributed by atoms with Crippen molar-refractivity contribution < 1.29 is 0 Å². The number of rotatable bonds is 3. The van der Waals surface area contributed by atoms with Crippen LogP contribution in [0.3, 0.4) is 0 Å². The van der Waals surface area contributed by atoms with E-state index in [4.69, 9.17) is 46.4 Å². The van der Waals surface area contributed by atoms with Crippen LogP contribution in [0.2, 0.25) is 0 Å². The van der Waals surface area contributed by atoms with E-state index in [-0.39, 0.29) is 0 Å². The summed E-state index contributed by atoms with van der Waals surface area (Å²) < 4.78 is -1.93. The summed E-state index contributed by atoms with van der Waals surface area (Å²) in [6.45, 7) is 5.60. The summed E-state index contributed by atoms with van der Waals surface area (Å²) in [5, 5.41) is 0. The highest BCUT2D eigenvalue weighted by Crippen LogP contribution is 2.40. The molecule has 0 saturated heterocycles. The van der Waals surface area contributed by atoms with E-state index in [1.165, 1.54) is 11.8 Å². The van der Waals surface area contributed by atoms with E-state index in [0.717, 1.165) is 5.57 Å². The lowest BCUT2D eigenvalue weighted by atomic mass is 10.4.